The maximum atomic E-state index is 12.0. The first kappa shape index (κ1) is 11.0. The third-order valence-electron chi connectivity index (χ3n) is 2.52. The number of rotatable bonds is 1. The molecule has 0 aliphatic carbocycles. The Morgan fingerprint density at radius 3 is 2.67 bits per heavy atom. The van der Waals surface area contributed by atoms with Crippen molar-refractivity contribution >= 4 is 33.2 Å². The molecule has 0 radical (unpaired) electrons. The molecule has 0 bridgehead atoms. The molecule has 2 rings (SSSR count). The van der Waals surface area contributed by atoms with E-state index >= 15 is 0 Å². The van der Waals surface area contributed by atoms with E-state index in [1.165, 1.54) is 11.3 Å². The van der Waals surface area contributed by atoms with E-state index < -0.39 is 0 Å². The van der Waals surface area contributed by atoms with Gasteiger partial charge in [0.2, 0.25) is 0 Å². The molecule has 0 saturated carbocycles. The molecule has 0 aromatic carbocycles. The van der Waals surface area contributed by atoms with Gasteiger partial charge in [-0.05, 0) is 23.0 Å². The number of piperazine rings is 1. The molecule has 0 atom stereocenters. The van der Waals surface area contributed by atoms with E-state index in [1.54, 1.807) is 5.51 Å². The van der Waals surface area contributed by atoms with E-state index in [1.807, 2.05) is 4.90 Å². The molecule has 1 aromatic heterocycles. The summed E-state index contributed by atoms with van der Waals surface area (Å²) in [4.78, 5) is 20.2. The first-order valence-corrected chi connectivity index (χ1v) is 6.42. The average molecular weight is 290 g/mol. The molecule has 15 heavy (non-hydrogen) atoms. The highest BCUT2D eigenvalue weighted by atomic mass is 79.9. The zero-order chi connectivity index (χ0) is 10.8. The Balaban J connectivity index is 2.06. The molecule has 82 valence electrons. The number of thiazole rings is 1. The zero-order valence-electron chi connectivity index (χ0n) is 8.44. The number of hydrogen-bond acceptors (Lipinski definition) is 4. The average Bonchev–Trinajstić information content (AvgIpc) is 2.65. The van der Waals surface area contributed by atoms with Crippen molar-refractivity contribution in [3.63, 3.8) is 0 Å². The van der Waals surface area contributed by atoms with E-state index in [0.29, 0.717) is 5.69 Å². The van der Waals surface area contributed by atoms with Crippen molar-refractivity contribution in [3.8, 4) is 0 Å². The lowest BCUT2D eigenvalue weighted by Gasteiger charge is -2.32. The van der Waals surface area contributed by atoms with Crippen LogP contribution in [0.2, 0.25) is 0 Å². The summed E-state index contributed by atoms with van der Waals surface area (Å²) in [6.07, 6.45) is 0. The molecule has 0 N–H and O–H groups in total. The van der Waals surface area contributed by atoms with Crippen LogP contribution < -0.4 is 0 Å². The van der Waals surface area contributed by atoms with Crippen LogP contribution >= 0.6 is 27.3 Å². The van der Waals surface area contributed by atoms with Crippen molar-refractivity contribution in [1.82, 2.24) is 14.8 Å². The van der Waals surface area contributed by atoms with Crippen LogP contribution in [0, 0.1) is 0 Å². The number of halogens is 1. The second kappa shape index (κ2) is 4.59. The Hall–Kier alpha value is -0.460. The van der Waals surface area contributed by atoms with Crippen LogP contribution in [0.4, 0.5) is 0 Å². The van der Waals surface area contributed by atoms with Crippen molar-refractivity contribution in [2.75, 3.05) is 33.2 Å². The summed E-state index contributed by atoms with van der Waals surface area (Å²) in [7, 11) is 2.07. The second-order valence-electron chi connectivity index (χ2n) is 3.57. The molecule has 1 aromatic rings. The minimum absolute atomic E-state index is 0.0382. The highest BCUT2D eigenvalue weighted by Gasteiger charge is 2.23. The first-order valence-electron chi connectivity index (χ1n) is 4.75. The number of hydrogen-bond donors (Lipinski definition) is 0. The van der Waals surface area contributed by atoms with Gasteiger partial charge in [-0.3, -0.25) is 4.79 Å². The van der Waals surface area contributed by atoms with Crippen molar-refractivity contribution in [2.45, 2.75) is 0 Å². The van der Waals surface area contributed by atoms with Gasteiger partial charge < -0.3 is 9.80 Å². The van der Waals surface area contributed by atoms with Crippen LogP contribution in [0.25, 0.3) is 0 Å². The van der Waals surface area contributed by atoms with Gasteiger partial charge in [0, 0.05) is 26.2 Å². The third kappa shape index (κ3) is 2.38. The smallest absolute Gasteiger partial charge is 0.274 e. The quantitative estimate of drug-likeness (QED) is 0.782. The molecule has 0 unspecified atom stereocenters. The maximum absolute atomic E-state index is 12.0. The minimum atomic E-state index is 0.0382. The Bertz CT molecular complexity index is 360. The fourth-order valence-electron chi connectivity index (χ4n) is 1.53. The van der Waals surface area contributed by atoms with E-state index in [2.05, 4.69) is 32.9 Å². The fourth-order valence-corrected chi connectivity index (χ4v) is 2.56. The van der Waals surface area contributed by atoms with Gasteiger partial charge in [0.25, 0.3) is 5.91 Å². The third-order valence-corrected chi connectivity index (χ3v) is 4.06. The topological polar surface area (TPSA) is 36.4 Å². The predicted octanol–water partition coefficient (Wildman–Crippen LogP) is 1.29. The van der Waals surface area contributed by atoms with Crippen LogP contribution in [-0.4, -0.2) is 53.9 Å². The van der Waals surface area contributed by atoms with Gasteiger partial charge in [-0.25, -0.2) is 4.98 Å². The fraction of sp³-hybridized carbons (Fsp3) is 0.556. The molecule has 4 nitrogen and oxygen atoms in total. The molecule has 1 saturated heterocycles. The number of carbonyl (C=O) groups excluding carboxylic acids is 1. The number of carbonyl (C=O) groups is 1. The molecule has 1 fully saturated rings. The summed E-state index contributed by atoms with van der Waals surface area (Å²) in [6.45, 7) is 3.46. The van der Waals surface area contributed by atoms with E-state index in [9.17, 15) is 4.79 Å². The lowest BCUT2D eigenvalue weighted by Crippen LogP contribution is -2.47. The van der Waals surface area contributed by atoms with Crippen LogP contribution in [0.15, 0.2) is 9.30 Å². The van der Waals surface area contributed by atoms with Crippen LogP contribution in [0.3, 0.4) is 0 Å². The minimum Gasteiger partial charge on any atom is -0.335 e. The summed E-state index contributed by atoms with van der Waals surface area (Å²) in [5.41, 5.74) is 2.23. The highest BCUT2D eigenvalue weighted by Crippen LogP contribution is 2.22. The SMILES string of the molecule is CN1CCN(C(=O)c2ncsc2Br)CC1. The normalized spacial score (nSPS) is 18.1. The van der Waals surface area contributed by atoms with Gasteiger partial charge in [-0.2, -0.15) is 0 Å². The van der Waals surface area contributed by atoms with Gasteiger partial charge in [0.05, 0.1) is 5.51 Å². The molecule has 0 spiro atoms. The second-order valence-corrected chi connectivity index (χ2v) is 5.74. The van der Waals surface area contributed by atoms with Crippen molar-refractivity contribution < 1.29 is 4.79 Å². The molecule has 1 aliphatic heterocycles. The summed E-state index contributed by atoms with van der Waals surface area (Å²) < 4.78 is 0.825. The van der Waals surface area contributed by atoms with Crippen LogP contribution in [0.5, 0.6) is 0 Å². The van der Waals surface area contributed by atoms with Gasteiger partial charge in [0.1, 0.15) is 3.79 Å². The summed E-state index contributed by atoms with van der Waals surface area (Å²) in [5.74, 6) is 0.0382. The van der Waals surface area contributed by atoms with E-state index in [0.717, 1.165) is 30.0 Å². The summed E-state index contributed by atoms with van der Waals surface area (Å²) in [5, 5.41) is 0. The van der Waals surface area contributed by atoms with E-state index in [-0.39, 0.29) is 5.91 Å². The molecule has 1 amide bonds. The summed E-state index contributed by atoms with van der Waals surface area (Å²) >= 11 is 4.79. The number of nitrogens with zero attached hydrogens (tertiary/aromatic N) is 3. The molecular weight excluding hydrogens is 278 g/mol. The zero-order valence-corrected chi connectivity index (χ0v) is 10.8. The molecular formula is C9H12BrN3OS. The number of aromatic nitrogens is 1. The van der Waals surface area contributed by atoms with Gasteiger partial charge in [0.15, 0.2) is 5.69 Å². The monoisotopic (exact) mass is 289 g/mol. The van der Waals surface area contributed by atoms with Crippen molar-refractivity contribution in [2.24, 2.45) is 0 Å². The Morgan fingerprint density at radius 2 is 2.13 bits per heavy atom. The van der Waals surface area contributed by atoms with Crippen molar-refractivity contribution in [3.05, 3.63) is 15.0 Å². The Labute approximate surface area is 101 Å². The number of amides is 1. The van der Waals surface area contributed by atoms with Gasteiger partial charge in [-0.15, -0.1) is 11.3 Å². The van der Waals surface area contributed by atoms with Crippen molar-refractivity contribution in [1.29, 1.82) is 0 Å². The standard InChI is InChI=1S/C9H12BrN3OS/c1-12-2-4-13(5-3-12)9(14)7-8(10)15-6-11-7/h6H,2-5H2,1H3. The molecule has 6 heteroatoms. The Kier molecular flexibility index (Phi) is 3.38. The van der Waals surface area contributed by atoms with Crippen LogP contribution in [-0.2, 0) is 0 Å². The molecule has 2 heterocycles. The predicted molar refractivity (Wildman–Crippen MR) is 63.2 cm³/mol. The largest absolute Gasteiger partial charge is 0.335 e. The maximum Gasteiger partial charge on any atom is 0.274 e. The van der Waals surface area contributed by atoms with Gasteiger partial charge in [-0.1, -0.05) is 0 Å². The van der Waals surface area contributed by atoms with Gasteiger partial charge >= 0.3 is 0 Å². The Morgan fingerprint density at radius 1 is 1.47 bits per heavy atom. The summed E-state index contributed by atoms with van der Waals surface area (Å²) in [6, 6.07) is 0. The molecule has 1 aliphatic rings. The lowest BCUT2D eigenvalue weighted by molar-refractivity contribution is 0.0658. The highest BCUT2D eigenvalue weighted by molar-refractivity contribution is 9.11. The number of likely N-dealkylation sites (N-methyl/N-ethyl adjacent to an activating group) is 1. The lowest BCUT2D eigenvalue weighted by atomic mass is 10.3. The first-order chi connectivity index (χ1) is 7.18. The van der Waals surface area contributed by atoms with E-state index in [4.69, 9.17) is 0 Å². The van der Waals surface area contributed by atoms with Crippen LogP contribution in [0.1, 0.15) is 10.5 Å².